The lowest BCUT2D eigenvalue weighted by Gasteiger charge is -1.97. The molecule has 4 nitrogen and oxygen atoms in total. The number of aryl methyl sites for hydroxylation is 1. The summed E-state index contributed by atoms with van der Waals surface area (Å²) in [6.07, 6.45) is 0.664. The Morgan fingerprint density at radius 1 is 1.33 bits per heavy atom. The Kier molecular flexibility index (Phi) is 2.30. The van der Waals surface area contributed by atoms with Gasteiger partial charge in [-0.25, -0.2) is 0 Å². The number of fused-ring (bicyclic) bond motifs is 1. The zero-order valence-corrected chi connectivity index (χ0v) is 10.2. The number of hydrogen-bond donors (Lipinski definition) is 0. The maximum atomic E-state index is 10.7. The molecular formula is C14H12N2O2. The van der Waals surface area contributed by atoms with Crippen molar-refractivity contribution in [1.82, 2.24) is 9.72 Å². The Labute approximate surface area is 104 Å². The first-order valence-corrected chi connectivity index (χ1v) is 5.68. The molecule has 0 aliphatic carbocycles. The average molecular weight is 240 g/mol. The third-order valence-corrected chi connectivity index (χ3v) is 3.30. The van der Waals surface area contributed by atoms with E-state index in [1.54, 1.807) is 6.07 Å². The van der Waals surface area contributed by atoms with E-state index < -0.39 is 0 Å². The molecule has 0 aliphatic heterocycles. The molecule has 0 N–H and O–H groups in total. The van der Waals surface area contributed by atoms with Crippen molar-refractivity contribution in [2.45, 2.75) is 6.92 Å². The highest BCUT2D eigenvalue weighted by Gasteiger charge is 2.16. The minimum atomic E-state index is 0.248. The van der Waals surface area contributed by atoms with Crippen molar-refractivity contribution < 1.29 is 9.32 Å². The van der Waals surface area contributed by atoms with Gasteiger partial charge in [0.15, 0.2) is 12.0 Å². The summed E-state index contributed by atoms with van der Waals surface area (Å²) in [5.41, 5.74) is 3.96. The Balaban J connectivity index is 2.34. The van der Waals surface area contributed by atoms with Crippen LogP contribution in [0.15, 0.2) is 34.9 Å². The van der Waals surface area contributed by atoms with Crippen molar-refractivity contribution in [3.05, 3.63) is 41.8 Å². The van der Waals surface area contributed by atoms with Crippen LogP contribution in [0.5, 0.6) is 0 Å². The summed E-state index contributed by atoms with van der Waals surface area (Å²) in [6, 6.07) is 9.78. The predicted octanol–water partition coefficient (Wildman–Crippen LogP) is 2.95. The number of para-hydroxylation sites is 1. The SMILES string of the molecule is Cc1c(-c2cc(C=O)on2)c2ccccc2n1C. The smallest absolute Gasteiger partial charge is 0.199 e. The van der Waals surface area contributed by atoms with Gasteiger partial charge >= 0.3 is 0 Å². The number of aromatic nitrogens is 2. The Bertz CT molecular complexity index is 737. The Hall–Kier alpha value is -2.36. The maximum absolute atomic E-state index is 10.7. The van der Waals surface area contributed by atoms with Gasteiger partial charge in [0.05, 0.1) is 0 Å². The van der Waals surface area contributed by atoms with Gasteiger partial charge in [-0.2, -0.15) is 0 Å². The summed E-state index contributed by atoms with van der Waals surface area (Å²) in [6.45, 7) is 2.03. The molecule has 0 spiro atoms. The van der Waals surface area contributed by atoms with Crippen molar-refractivity contribution in [2.24, 2.45) is 7.05 Å². The van der Waals surface area contributed by atoms with Gasteiger partial charge in [0.25, 0.3) is 0 Å². The number of aldehydes is 1. The lowest BCUT2D eigenvalue weighted by molar-refractivity contribution is 0.109. The lowest BCUT2D eigenvalue weighted by Crippen LogP contribution is -1.90. The molecule has 1 aromatic carbocycles. The van der Waals surface area contributed by atoms with Crippen LogP contribution in [-0.4, -0.2) is 16.0 Å². The van der Waals surface area contributed by atoms with Gasteiger partial charge in [0, 0.05) is 35.3 Å². The van der Waals surface area contributed by atoms with Crippen molar-refractivity contribution in [3.63, 3.8) is 0 Å². The average Bonchev–Trinajstić information content (AvgIpc) is 2.95. The van der Waals surface area contributed by atoms with Crippen LogP contribution in [0.3, 0.4) is 0 Å². The summed E-state index contributed by atoms with van der Waals surface area (Å²) in [5.74, 6) is 0.248. The molecule has 0 aliphatic rings. The zero-order valence-electron chi connectivity index (χ0n) is 10.2. The normalized spacial score (nSPS) is 11.0. The minimum absolute atomic E-state index is 0.248. The van der Waals surface area contributed by atoms with E-state index in [1.807, 2.05) is 32.2 Å². The number of hydrogen-bond acceptors (Lipinski definition) is 3. The van der Waals surface area contributed by atoms with E-state index in [9.17, 15) is 4.79 Å². The van der Waals surface area contributed by atoms with Crippen LogP contribution in [0.2, 0.25) is 0 Å². The number of rotatable bonds is 2. The predicted molar refractivity (Wildman–Crippen MR) is 68.5 cm³/mol. The van der Waals surface area contributed by atoms with Crippen LogP contribution < -0.4 is 0 Å². The molecule has 3 rings (SSSR count). The number of carbonyl (C=O) groups excluding carboxylic acids is 1. The second-order valence-electron chi connectivity index (χ2n) is 4.27. The summed E-state index contributed by atoms with van der Waals surface area (Å²) in [4.78, 5) is 10.7. The van der Waals surface area contributed by atoms with Crippen LogP contribution >= 0.6 is 0 Å². The first-order chi connectivity index (χ1) is 8.72. The van der Waals surface area contributed by atoms with Crippen LogP contribution in [0.1, 0.15) is 16.2 Å². The van der Waals surface area contributed by atoms with Gasteiger partial charge in [-0.1, -0.05) is 23.4 Å². The van der Waals surface area contributed by atoms with E-state index in [4.69, 9.17) is 4.52 Å². The van der Waals surface area contributed by atoms with E-state index in [-0.39, 0.29) is 5.76 Å². The Morgan fingerprint density at radius 3 is 2.83 bits per heavy atom. The van der Waals surface area contributed by atoms with Crippen molar-refractivity contribution in [3.8, 4) is 11.3 Å². The molecule has 0 saturated carbocycles. The van der Waals surface area contributed by atoms with Gasteiger partial charge < -0.3 is 9.09 Å². The number of nitrogens with zero attached hydrogens (tertiary/aromatic N) is 2. The van der Waals surface area contributed by atoms with Gasteiger partial charge in [-0.15, -0.1) is 0 Å². The number of benzene rings is 1. The molecule has 2 aromatic heterocycles. The van der Waals surface area contributed by atoms with Crippen LogP contribution in [0.25, 0.3) is 22.2 Å². The molecule has 0 atom stereocenters. The van der Waals surface area contributed by atoms with Crippen LogP contribution in [-0.2, 0) is 7.05 Å². The highest BCUT2D eigenvalue weighted by atomic mass is 16.5. The third kappa shape index (κ3) is 1.39. The first-order valence-electron chi connectivity index (χ1n) is 5.68. The topological polar surface area (TPSA) is 48.0 Å². The molecule has 0 amide bonds. The molecule has 3 aromatic rings. The van der Waals surface area contributed by atoms with E-state index in [1.165, 1.54) is 0 Å². The van der Waals surface area contributed by atoms with E-state index in [0.29, 0.717) is 12.0 Å². The fraction of sp³-hybridized carbons (Fsp3) is 0.143. The minimum Gasteiger partial charge on any atom is -0.353 e. The lowest BCUT2D eigenvalue weighted by atomic mass is 10.1. The molecule has 4 heteroatoms. The molecule has 18 heavy (non-hydrogen) atoms. The molecule has 0 saturated heterocycles. The highest BCUT2D eigenvalue weighted by Crippen LogP contribution is 2.33. The van der Waals surface area contributed by atoms with Crippen molar-refractivity contribution >= 4 is 17.2 Å². The Morgan fingerprint density at radius 2 is 2.11 bits per heavy atom. The standard InChI is InChI=1S/C14H12N2O2/c1-9-14(12-7-10(8-17)18-15-12)11-5-3-4-6-13(11)16(9)2/h3-8H,1-2H3. The van der Waals surface area contributed by atoms with Gasteiger partial charge in [0.1, 0.15) is 5.69 Å². The first kappa shape index (κ1) is 10.8. The van der Waals surface area contributed by atoms with Gasteiger partial charge in [-0.05, 0) is 13.0 Å². The van der Waals surface area contributed by atoms with E-state index in [2.05, 4.69) is 15.8 Å². The van der Waals surface area contributed by atoms with E-state index in [0.717, 1.165) is 22.2 Å². The summed E-state index contributed by atoms with van der Waals surface area (Å²) < 4.78 is 7.07. The van der Waals surface area contributed by atoms with Crippen LogP contribution in [0.4, 0.5) is 0 Å². The molecule has 0 unspecified atom stereocenters. The monoisotopic (exact) mass is 240 g/mol. The summed E-state index contributed by atoms with van der Waals surface area (Å²) >= 11 is 0. The second-order valence-corrected chi connectivity index (χ2v) is 4.27. The highest BCUT2D eigenvalue weighted by molar-refractivity contribution is 5.97. The third-order valence-electron chi connectivity index (χ3n) is 3.30. The fourth-order valence-corrected chi connectivity index (χ4v) is 2.31. The molecular weight excluding hydrogens is 228 g/mol. The largest absolute Gasteiger partial charge is 0.353 e. The zero-order chi connectivity index (χ0) is 12.7. The molecule has 0 bridgehead atoms. The molecule has 2 heterocycles. The van der Waals surface area contributed by atoms with Gasteiger partial charge in [-0.3, -0.25) is 4.79 Å². The van der Waals surface area contributed by atoms with Crippen LogP contribution in [0, 0.1) is 6.92 Å². The molecule has 90 valence electrons. The molecule has 0 fully saturated rings. The number of carbonyl (C=O) groups is 1. The van der Waals surface area contributed by atoms with Crippen molar-refractivity contribution in [1.29, 1.82) is 0 Å². The maximum Gasteiger partial charge on any atom is 0.199 e. The summed E-state index contributed by atoms with van der Waals surface area (Å²) in [5, 5.41) is 5.08. The van der Waals surface area contributed by atoms with Crippen molar-refractivity contribution in [2.75, 3.05) is 0 Å². The second kappa shape index (κ2) is 3.84. The van der Waals surface area contributed by atoms with E-state index >= 15 is 0 Å². The summed E-state index contributed by atoms with van der Waals surface area (Å²) in [7, 11) is 2.02. The van der Waals surface area contributed by atoms with Gasteiger partial charge in [0.2, 0.25) is 0 Å². The fourth-order valence-electron chi connectivity index (χ4n) is 2.31. The molecule has 0 radical (unpaired) electrons. The quantitative estimate of drug-likeness (QED) is 0.647.